The van der Waals surface area contributed by atoms with Crippen LogP contribution in [0.25, 0.3) is 0 Å². The SMILES string of the molecule is O=C(O)C(=O)OC(=O)C(=O)O.[KH].[NaH]. The van der Waals surface area contributed by atoms with E-state index in [1.165, 1.54) is 0 Å². The van der Waals surface area contributed by atoms with Crippen LogP contribution in [0, 0.1) is 0 Å². The molecule has 0 aromatic heterocycles. The molecule has 0 aromatic rings. The summed E-state index contributed by atoms with van der Waals surface area (Å²) < 4.78 is 3.30. The molecule has 0 radical (unpaired) electrons. The topological polar surface area (TPSA) is 118 Å². The normalized spacial score (nSPS) is 7.08. The average Bonchev–Trinajstić information content (AvgIpc) is 1.87. The van der Waals surface area contributed by atoms with Gasteiger partial charge in [0.05, 0.1) is 0 Å². The van der Waals surface area contributed by atoms with Gasteiger partial charge in [-0.2, -0.15) is 0 Å². The molecule has 0 fully saturated rings. The third-order valence-electron chi connectivity index (χ3n) is 0.535. The van der Waals surface area contributed by atoms with E-state index in [1.807, 2.05) is 0 Å². The summed E-state index contributed by atoms with van der Waals surface area (Å²) in [6.07, 6.45) is 0. The number of rotatable bonds is 0. The van der Waals surface area contributed by atoms with E-state index in [-0.39, 0.29) is 80.9 Å². The molecule has 2 N–H and O–H groups in total. The Morgan fingerprint density at radius 2 is 1.08 bits per heavy atom. The van der Waals surface area contributed by atoms with Crippen LogP contribution in [0.3, 0.4) is 0 Å². The molecule has 13 heavy (non-hydrogen) atoms. The Bertz CT molecular complexity index is 213. The molecule has 0 saturated carbocycles. The van der Waals surface area contributed by atoms with E-state index in [2.05, 4.69) is 4.74 Å². The summed E-state index contributed by atoms with van der Waals surface area (Å²) in [5.74, 6) is -7.89. The Morgan fingerprint density at radius 1 is 0.846 bits per heavy atom. The zero-order valence-electron chi connectivity index (χ0n) is 4.94. The summed E-state index contributed by atoms with van der Waals surface area (Å²) in [4.78, 5) is 39.2. The summed E-state index contributed by atoms with van der Waals surface area (Å²) in [5.41, 5.74) is 0. The minimum absolute atomic E-state index is 0. The van der Waals surface area contributed by atoms with E-state index >= 15 is 0 Å². The number of hydrogen-bond acceptors (Lipinski definition) is 5. The van der Waals surface area contributed by atoms with Crippen LogP contribution in [0.1, 0.15) is 0 Å². The van der Waals surface area contributed by atoms with Crippen molar-refractivity contribution >= 4 is 105 Å². The van der Waals surface area contributed by atoms with Gasteiger partial charge in [0.1, 0.15) is 0 Å². The van der Waals surface area contributed by atoms with E-state index < -0.39 is 23.9 Å². The van der Waals surface area contributed by atoms with Crippen molar-refractivity contribution in [2.24, 2.45) is 0 Å². The number of carboxylic acids is 2. The number of ether oxygens (including phenoxy) is 1. The van der Waals surface area contributed by atoms with Gasteiger partial charge in [-0.05, 0) is 0 Å². The van der Waals surface area contributed by atoms with Gasteiger partial charge in [0, 0.05) is 0 Å². The second-order valence-corrected chi connectivity index (χ2v) is 1.29. The standard InChI is InChI=1S/C4H2O7.K.Na.2H/c5-1(6)3(9)11-4(10)2(7)8;;;;/h(H,5,6)(H,7,8);;;;. The van der Waals surface area contributed by atoms with Crippen molar-refractivity contribution in [1.29, 1.82) is 0 Å². The Balaban J connectivity index is -0.000000500. The monoisotopic (exact) mass is 226 g/mol. The van der Waals surface area contributed by atoms with Gasteiger partial charge in [-0.1, -0.05) is 0 Å². The predicted octanol–water partition coefficient (Wildman–Crippen LogP) is -3.07. The fraction of sp³-hybridized carbons (Fsp3) is 0. The van der Waals surface area contributed by atoms with Crippen LogP contribution >= 0.6 is 0 Å². The number of esters is 2. The van der Waals surface area contributed by atoms with Crippen LogP contribution in [0.15, 0.2) is 0 Å². The molecular formula is C4H4KNaO7. The molecule has 0 unspecified atom stereocenters. The van der Waals surface area contributed by atoms with Gasteiger partial charge in [0.2, 0.25) is 0 Å². The first-order valence-corrected chi connectivity index (χ1v) is 2.17. The second kappa shape index (κ2) is 9.28. The second-order valence-electron chi connectivity index (χ2n) is 1.29. The van der Waals surface area contributed by atoms with Gasteiger partial charge in [-0.25, -0.2) is 19.2 Å². The molecule has 0 aliphatic rings. The number of carbonyl (C=O) groups is 4. The third kappa shape index (κ3) is 9.03. The van der Waals surface area contributed by atoms with Gasteiger partial charge in [-0.15, -0.1) is 0 Å². The summed E-state index contributed by atoms with van der Waals surface area (Å²) in [6.45, 7) is 0. The zero-order valence-corrected chi connectivity index (χ0v) is 4.94. The average molecular weight is 226 g/mol. The molecule has 0 rings (SSSR count). The molecule has 0 aliphatic heterocycles. The van der Waals surface area contributed by atoms with Crippen molar-refractivity contribution in [3.8, 4) is 0 Å². The van der Waals surface area contributed by atoms with Gasteiger partial charge in [0.25, 0.3) is 0 Å². The van der Waals surface area contributed by atoms with Crippen molar-refractivity contribution < 1.29 is 34.1 Å². The van der Waals surface area contributed by atoms with Crippen molar-refractivity contribution in [2.75, 3.05) is 0 Å². The molecule has 0 aliphatic carbocycles. The molecule has 64 valence electrons. The van der Waals surface area contributed by atoms with Gasteiger partial charge >= 0.3 is 105 Å². The summed E-state index contributed by atoms with van der Waals surface area (Å²) >= 11 is 0. The Hall–Kier alpha value is 0.716. The Morgan fingerprint density at radius 3 is 1.23 bits per heavy atom. The number of aliphatic carboxylic acids is 2. The third-order valence-corrected chi connectivity index (χ3v) is 0.535. The Kier molecular flexibility index (Phi) is 13.8. The van der Waals surface area contributed by atoms with Crippen LogP contribution in [0.2, 0.25) is 0 Å². The number of hydrogen-bond donors (Lipinski definition) is 2. The van der Waals surface area contributed by atoms with Gasteiger partial charge < -0.3 is 14.9 Å². The molecule has 0 heterocycles. The maximum atomic E-state index is 9.95. The first-order valence-electron chi connectivity index (χ1n) is 2.17. The summed E-state index contributed by atoms with van der Waals surface area (Å²) in [5, 5.41) is 15.6. The van der Waals surface area contributed by atoms with Crippen LogP contribution < -0.4 is 0 Å². The predicted molar refractivity (Wildman–Crippen MR) is 40.7 cm³/mol. The molecule has 7 nitrogen and oxygen atoms in total. The van der Waals surface area contributed by atoms with Crippen molar-refractivity contribution in [2.45, 2.75) is 0 Å². The molecule has 9 heteroatoms. The first kappa shape index (κ1) is 19.3. The van der Waals surface area contributed by atoms with E-state index in [4.69, 9.17) is 10.2 Å². The van der Waals surface area contributed by atoms with Crippen LogP contribution in [-0.4, -0.2) is 115 Å². The zero-order chi connectivity index (χ0) is 9.02. The first-order chi connectivity index (χ1) is 4.95. The van der Waals surface area contributed by atoms with Crippen LogP contribution in [0.4, 0.5) is 0 Å². The van der Waals surface area contributed by atoms with Crippen molar-refractivity contribution in [3.05, 3.63) is 0 Å². The Labute approximate surface area is 137 Å². The van der Waals surface area contributed by atoms with Crippen LogP contribution in [0.5, 0.6) is 0 Å². The van der Waals surface area contributed by atoms with E-state index in [0.29, 0.717) is 0 Å². The maximum absolute atomic E-state index is 9.95. The number of carboxylic acid groups (broad SMARTS) is 2. The van der Waals surface area contributed by atoms with E-state index in [1.54, 1.807) is 0 Å². The van der Waals surface area contributed by atoms with Gasteiger partial charge in [-0.3, -0.25) is 0 Å². The molecule has 0 aromatic carbocycles. The molecule has 0 atom stereocenters. The van der Waals surface area contributed by atoms with Crippen LogP contribution in [-0.2, 0) is 23.9 Å². The molecule has 0 saturated heterocycles. The molecule has 0 spiro atoms. The molecule has 0 amide bonds. The summed E-state index contributed by atoms with van der Waals surface area (Å²) in [6, 6.07) is 0. The fourth-order valence-electron chi connectivity index (χ4n) is 0.172. The molecular weight excluding hydrogens is 222 g/mol. The van der Waals surface area contributed by atoms with Crippen molar-refractivity contribution in [1.82, 2.24) is 0 Å². The quantitative estimate of drug-likeness (QED) is 0.195. The molecule has 0 bridgehead atoms. The van der Waals surface area contributed by atoms with E-state index in [0.717, 1.165) is 0 Å². The number of carbonyl (C=O) groups excluding carboxylic acids is 2. The summed E-state index contributed by atoms with van der Waals surface area (Å²) in [7, 11) is 0. The minimum atomic E-state index is -2.03. The van der Waals surface area contributed by atoms with Crippen molar-refractivity contribution in [3.63, 3.8) is 0 Å². The fourth-order valence-corrected chi connectivity index (χ4v) is 0.172. The van der Waals surface area contributed by atoms with E-state index in [9.17, 15) is 19.2 Å². The van der Waals surface area contributed by atoms with Gasteiger partial charge in [0.15, 0.2) is 0 Å².